The first-order valence-corrected chi connectivity index (χ1v) is 5.68. The lowest BCUT2D eigenvalue weighted by atomic mass is 10.3. The standard InChI is InChI=1S/C10H8N4O3S/c15-9(16)7-1-2-18-8(7)14-10(17)13-6-3-11-5-12-4-6/h1-5H,(H,15,16)(H2,13,14,17). The number of anilines is 2. The topological polar surface area (TPSA) is 104 Å². The molecule has 2 rings (SSSR count). The number of nitrogens with one attached hydrogen (secondary N) is 2. The number of thiophene rings is 1. The molecule has 8 heteroatoms. The monoisotopic (exact) mass is 264 g/mol. The van der Waals surface area contributed by atoms with Crippen molar-refractivity contribution in [3.05, 3.63) is 35.7 Å². The Morgan fingerprint density at radius 1 is 1.22 bits per heavy atom. The fourth-order valence-corrected chi connectivity index (χ4v) is 1.98. The zero-order valence-corrected chi connectivity index (χ0v) is 9.77. The molecule has 92 valence electrons. The van der Waals surface area contributed by atoms with Gasteiger partial charge in [-0.25, -0.2) is 19.6 Å². The molecule has 7 nitrogen and oxygen atoms in total. The summed E-state index contributed by atoms with van der Waals surface area (Å²) in [5.74, 6) is -1.09. The van der Waals surface area contributed by atoms with Crippen LogP contribution in [0.5, 0.6) is 0 Å². The Hall–Kier alpha value is -2.48. The van der Waals surface area contributed by atoms with Gasteiger partial charge in [0.05, 0.1) is 23.6 Å². The van der Waals surface area contributed by atoms with Crippen LogP contribution in [0.15, 0.2) is 30.2 Å². The first-order valence-electron chi connectivity index (χ1n) is 4.80. The van der Waals surface area contributed by atoms with Crippen molar-refractivity contribution in [2.75, 3.05) is 10.6 Å². The third kappa shape index (κ3) is 2.80. The smallest absolute Gasteiger partial charge is 0.338 e. The summed E-state index contributed by atoms with van der Waals surface area (Å²) < 4.78 is 0. The van der Waals surface area contributed by atoms with Crippen LogP contribution in [0.4, 0.5) is 15.5 Å². The van der Waals surface area contributed by atoms with Crippen molar-refractivity contribution < 1.29 is 14.7 Å². The average Bonchev–Trinajstić information content (AvgIpc) is 2.78. The van der Waals surface area contributed by atoms with Crippen LogP contribution in [-0.4, -0.2) is 27.1 Å². The van der Waals surface area contributed by atoms with Crippen molar-refractivity contribution >= 4 is 34.0 Å². The Labute approximate surface area is 106 Å². The maximum Gasteiger partial charge on any atom is 0.338 e. The van der Waals surface area contributed by atoms with Gasteiger partial charge in [0.15, 0.2) is 0 Å². The highest BCUT2D eigenvalue weighted by molar-refractivity contribution is 7.14. The summed E-state index contributed by atoms with van der Waals surface area (Å²) in [4.78, 5) is 29.9. The van der Waals surface area contributed by atoms with Gasteiger partial charge in [0.25, 0.3) is 0 Å². The van der Waals surface area contributed by atoms with E-state index in [1.54, 1.807) is 5.38 Å². The average molecular weight is 264 g/mol. The summed E-state index contributed by atoms with van der Waals surface area (Å²) in [5.41, 5.74) is 0.475. The van der Waals surface area contributed by atoms with Crippen LogP contribution in [0.2, 0.25) is 0 Å². The van der Waals surface area contributed by atoms with E-state index in [0.29, 0.717) is 5.69 Å². The molecule has 2 aromatic rings. The fraction of sp³-hybridized carbons (Fsp3) is 0. The second kappa shape index (κ2) is 5.23. The number of carbonyl (C=O) groups is 2. The third-order valence-electron chi connectivity index (χ3n) is 1.94. The molecule has 0 radical (unpaired) electrons. The minimum Gasteiger partial charge on any atom is -0.478 e. The molecule has 0 saturated carbocycles. The second-order valence-corrected chi connectivity index (χ2v) is 4.09. The lowest BCUT2D eigenvalue weighted by Gasteiger charge is -2.05. The molecule has 2 heterocycles. The van der Waals surface area contributed by atoms with E-state index in [4.69, 9.17) is 5.11 Å². The SMILES string of the molecule is O=C(Nc1cncnc1)Nc1sccc1C(=O)O. The van der Waals surface area contributed by atoms with Crippen molar-refractivity contribution in [3.8, 4) is 0 Å². The van der Waals surface area contributed by atoms with Gasteiger partial charge in [-0.15, -0.1) is 11.3 Å². The summed E-state index contributed by atoms with van der Waals surface area (Å²) in [7, 11) is 0. The molecule has 0 unspecified atom stereocenters. The molecule has 18 heavy (non-hydrogen) atoms. The van der Waals surface area contributed by atoms with Crippen molar-refractivity contribution in [3.63, 3.8) is 0 Å². The molecule has 2 amide bonds. The summed E-state index contributed by atoms with van der Waals surface area (Å²) in [6, 6.07) is 0.878. The maximum absolute atomic E-state index is 11.6. The Kier molecular flexibility index (Phi) is 3.49. The number of carboxylic acid groups (broad SMARTS) is 1. The fourth-order valence-electron chi connectivity index (χ4n) is 1.20. The Bertz CT molecular complexity index is 570. The van der Waals surface area contributed by atoms with Gasteiger partial charge in [0, 0.05) is 0 Å². The van der Waals surface area contributed by atoms with Gasteiger partial charge < -0.3 is 10.4 Å². The number of aromatic carboxylic acids is 1. The molecule has 0 bridgehead atoms. The van der Waals surface area contributed by atoms with E-state index in [2.05, 4.69) is 20.6 Å². The Morgan fingerprint density at radius 2 is 1.94 bits per heavy atom. The Balaban J connectivity index is 2.04. The molecule has 0 saturated heterocycles. The lowest BCUT2D eigenvalue weighted by Crippen LogP contribution is -2.20. The third-order valence-corrected chi connectivity index (χ3v) is 2.77. The van der Waals surface area contributed by atoms with Crippen LogP contribution >= 0.6 is 11.3 Å². The predicted octanol–water partition coefficient (Wildman–Crippen LogP) is 1.88. The highest BCUT2D eigenvalue weighted by Crippen LogP contribution is 2.23. The molecule has 2 aromatic heterocycles. The zero-order valence-electron chi connectivity index (χ0n) is 8.95. The molecule has 0 aliphatic rings. The molecule has 0 aliphatic heterocycles. The van der Waals surface area contributed by atoms with E-state index in [0.717, 1.165) is 11.3 Å². The first-order chi connectivity index (χ1) is 8.66. The number of amides is 2. The highest BCUT2D eigenvalue weighted by atomic mass is 32.1. The van der Waals surface area contributed by atoms with Crippen LogP contribution < -0.4 is 10.6 Å². The molecule has 0 fully saturated rings. The van der Waals surface area contributed by atoms with Gasteiger partial charge in [-0.05, 0) is 11.4 Å². The summed E-state index contributed by atoms with van der Waals surface area (Å²) in [6.07, 6.45) is 4.20. The van der Waals surface area contributed by atoms with E-state index in [9.17, 15) is 9.59 Å². The van der Waals surface area contributed by atoms with Crippen molar-refractivity contribution in [1.82, 2.24) is 9.97 Å². The number of aromatic nitrogens is 2. The normalized spacial score (nSPS) is 9.78. The molecule has 0 aromatic carbocycles. The van der Waals surface area contributed by atoms with Crippen molar-refractivity contribution in [2.45, 2.75) is 0 Å². The van der Waals surface area contributed by atoms with Crippen molar-refractivity contribution in [2.24, 2.45) is 0 Å². The number of carboxylic acids is 1. The van der Waals surface area contributed by atoms with Crippen molar-refractivity contribution in [1.29, 1.82) is 0 Å². The number of hydrogen-bond donors (Lipinski definition) is 3. The summed E-state index contributed by atoms with van der Waals surface area (Å²) in [6.45, 7) is 0. The van der Waals surface area contributed by atoms with Crippen LogP contribution in [0.1, 0.15) is 10.4 Å². The molecule has 3 N–H and O–H groups in total. The molecular formula is C10H8N4O3S. The quantitative estimate of drug-likeness (QED) is 0.785. The van der Waals surface area contributed by atoms with E-state index in [1.165, 1.54) is 24.8 Å². The maximum atomic E-state index is 11.6. The lowest BCUT2D eigenvalue weighted by molar-refractivity contribution is 0.0698. The summed E-state index contributed by atoms with van der Waals surface area (Å²) in [5, 5.41) is 15.7. The number of nitrogens with zero attached hydrogens (tertiary/aromatic N) is 2. The van der Waals surface area contributed by atoms with E-state index < -0.39 is 12.0 Å². The molecular weight excluding hydrogens is 256 g/mol. The van der Waals surface area contributed by atoms with Gasteiger partial charge in [0.2, 0.25) is 0 Å². The van der Waals surface area contributed by atoms with Gasteiger partial charge in [-0.3, -0.25) is 5.32 Å². The van der Waals surface area contributed by atoms with E-state index >= 15 is 0 Å². The van der Waals surface area contributed by atoms with Gasteiger partial charge >= 0.3 is 12.0 Å². The summed E-state index contributed by atoms with van der Waals surface area (Å²) >= 11 is 1.13. The van der Waals surface area contributed by atoms with Crippen LogP contribution in [0.25, 0.3) is 0 Å². The van der Waals surface area contributed by atoms with Gasteiger partial charge in [-0.2, -0.15) is 0 Å². The second-order valence-electron chi connectivity index (χ2n) is 3.17. The highest BCUT2D eigenvalue weighted by Gasteiger charge is 2.13. The molecule has 0 atom stereocenters. The largest absolute Gasteiger partial charge is 0.478 e. The van der Waals surface area contributed by atoms with E-state index in [1.807, 2.05) is 0 Å². The van der Waals surface area contributed by atoms with Gasteiger partial charge in [-0.1, -0.05) is 0 Å². The molecule has 0 spiro atoms. The number of urea groups is 1. The number of hydrogen-bond acceptors (Lipinski definition) is 5. The number of carbonyl (C=O) groups excluding carboxylic acids is 1. The molecule has 0 aliphatic carbocycles. The van der Waals surface area contributed by atoms with E-state index in [-0.39, 0.29) is 10.6 Å². The minimum absolute atomic E-state index is 0.0551. The van der Waals surface area contributed by atoms with Crippen LogP contribution in [0.3, 0.4) is 0 Å². The van der Waals surface area contributed by atoms with Gasteiger partial charge in [0.1, 0.15) is 11.3 Å². The van der Waals surface area contributed by atoms with Crippen LogP contribution in [-0.2, 0) is 0 Å². The first kappa shape index (κ1) is 12.0. The zero-order chi connectivity index (χ0) is 13.0. The van der Waals surface area contributed by atoms with Crippen LogP contribution in [0, 0.1) is 0 Å². The number of rotatable bonds is 3. The predicted molar refractivity (Wildman–Crippen MR) is 66.0 cm³/mol. The minimum atomic E-state index is -1.09. The Morgan fingerprint density at radius 3 is 2.61 bits per heavy atom.